The minimum atomic E-state index is 0.211. The second-order valence-electron chi connectivity index (χ2n) is 3.01. The van der Waals surface area contributed by atoms with Crippen LogP contribution in [0.4, 0.5) is 0 Å². The number of fused-ring (bicyclic) bond motifs is 1. The summed E-state index contributed by atoms with van der Waals surface area (Å²) in [6.07, 6.45) is 0. The van der Waals surface area contributed by atoms with Crippen molar-refractivity contribution >= 4 is 22.4 Å². The van der Waals surface area contributed by atoms with Gasteiger partial charge in [0.2, 0.25) is 0 Å². The predicted octanol–water partition coefficient (Wildman–Crippen LogP) is 2.05. The summed E-state index contributed by atoms with van der Waals surface area (Å²) in [5, 5.41) is 11.4. The fraction of sp³-hybridized carbons (Fsp3) is 0.100. The van der Waals surface area contributed by atoms with Gasteiger partial charge < -0.3 is 10.8 Å². The number of rotatable bonds is 1. The van der Waals surface area contributed by atoms with E-state index in [9.17, 15) is 5.11 Å². The molecule has 0 bridgehead atoms. The maximum atomic E-state index is 9.29. The Morgan fingerprint density at radius 1 is 1.36 bits per heavy atom. The molecule has 1 heterocycles. The van der Waals surface area contributed by atoms with E-state index in [0.29, 0.717) is 17.4 Å². The van der Waals surface area contributed by atoms with E-state index in [0.717, 1.165) is 10.8 Å². The van der Waals surface area contributed by atoms with Gasteiger partial charge in [0.25, 0.3) is 0 Å². The molecule has 3 N–H and O–H groups in total. The number of hydrogen-bond acceptors (Lipinski definition) is 3. The Labute approximate surface area is 86.1 Å². The van der Waals surface area contributed by atoms with Crippen LogP contribution in [0.2, 0.25) is 5.15 Å². The third kappa shape index (κ3) is 1.52. The highest BCUT2D eigenvalue weighted by molar-refractivity contribution is 6.34. The monoisotopic (exact) mass is 208 g/mol. The number of phenolic OH excluding ortho intramolecular Hbond substituents is 1. The summed E-state index contributed by atoms with van der Waals surface area (Å²) in [5.74, 6) is 0.211. The molecule has 0 unspecified atom stereocenters. The van der Waals surface area contributed by atoms with Crippen molar-refractivity contribution in [3.63, 3.8) is 0 Å². The van der Waals surface area contributed by atoms with Gasteiger partial charge in [-0.05, 0) is 29.7 Å². The molecule has 0 saturated heterocycles. The van der Waals surface area contributed by atoms with Crippen molar-refractivity contribution < 1.29 is 5.11 Å². The fourth-order valence-corrected chi connectivity index (χ4v) is 1.64. The highest BCUT2D eigenvalue weighted by Gasteiger charge is 2.03. The third-order valence-electron chi connectivity index (χ3n) is 2.03. The first-order valence-electron chi connectivity index (χ1n) is 4.19. The second-order valence-corrected chi connectivity index (χ2v) is 3.37. The molecule has 0 aliphatic heterocycles. The molecule has 1 aromatic carbocycles. The lowest BCUT2D eigenvalue weighted by Crippen LogP contribution is -1.99. The SMILES string of the molecule is NCc1cc2cc(O)ccc2c(Cl)n1. The van der Waals surface area contributed by atoms with Crippen molar-refractivity contribution in [2.45, 2.75) is 6.54 Å². The van der Waals surface area contributed by atoms with E-state index in [1.54, 1.807) is 18.2 Å². The van der Waals surface area contributed by atoms with Crippen molar-refractivity contribution in [3.8, 4) is 5.75 Å². The van der Waals surface area contributed by atoms with Crippen molar-refractivity contribution in [1.29, 1.82) is 0 Å². The van der Waals surface area contributed by atoms with Crippen LogP contribution in [0, 0.1) is 0 Å². The van der Waals surface area contributed by atoms with Gasteiger partial charge in [0.05, 0.1) is 5.69 Å². The van der Waals surface area contributed by atoms with Crippen LogP contribution in [-0.2, 0) is 6.54 Å². The van der Waals surface area contributed by atoms with Crippen molar-refractivity contribution in [2.24, 2.45) is 5.73 Å². The number of nitrogens with zero attached hydrogens (tertiary/aromatic N) is 1. The first-order chi connectivity index (χ1) is 6.70. The molecule has 0 aliphatic rings. The molecule has 0 fully saturated rings. The van der Waals surface area contributed by atoms with Gasteiger partial charge in [0.15, 0.2) is 0 Å². The normalized spacial score (nSPS) is 10.7. The maximum absolute atomic E-state index is 9.29. The summed E-state index contributed by atoms with van der Waals surface area (Å²) < 4.78 is 0. The molecular formula is C10H9ClN2O. The van der Waals surface area contributed by atoms with E-state index in [-0.39, 0.29) is 5.75 Å². The lowest BCUT2D eigenvalue weighted by molar-refractivity contribution is 0.476. The number of hydrogen-bond donors (Lipinski definition) is 2. The third-order valence-corrected chi connectivity index (χ3v) is 2.32. The molecule has 2 rings (SSSR count). The lowest BCUT2D eigenvalue weighted by Gasteiger charge is -2.03. The number of pyridine rings is 1. The maximum Gasteiger partial charge on any atom is 0.137 e. The topological polar surface area (TPSA) is 59.1 Å². The molecule has 14 heavy (non-hydrogen) atoms. The Balaban J connectivity index is 2.77. The first kappa shape index (κ1) is 9.24. The Morgan fingerprint density at radius 2 is 2.14 bits per heavy atom. The van der Waals surface area contributed by atoms with Crippen molar-refractivity contribution in [1.82, 2.24) is 4.98 Å². The van der Waals surface area contributed by atoms with E-state index >= 15 is 0 Å². The van der Waals surface area contributed by atoms with Crippen LogP contribution >= 0.6 is 11.6 Å². The molecule has 0 atom stereocenters. The summed E-state index contributed by atoms with van der Waals surface area (Å²) in [7, 11) is 0. The Morgan fingerprint density at radius 3 is 2.86 bits per heavy atom. The smallest absolute Gasteiger partial charge is 0.137 e. The van der Waals surface area contributed by atoms with Gasteiger partial charge in [0, 0.05) is 11.9 Å². The van der Waals surface area contributed by atoms with E-state index in [1.165, 1.54) is 0 Å². The van der Waals surface area contributed by atoms with Gasteiger partial charge >= 0.3 is 0 Å². The van der Waals surface area contributed by atoms with Crippen LogP contribution in [0.5, 0.6) is 5.75 Å². The van der Waals surface area contributed by atoms with Crippen LogP contribution in [0.3, 0.4) is 0 Å². The minimum absolute atomic E-state index is 0.211. The largest absolute Gasteiger partial charge is 0.508 e. The van der Waals surface area contributed by atoms with E-state index in [4.69, 9.17) is 17.3 Å². The number of halogens is 1. The van der Waals surface area contributed by atoms with Gasteiger partial charge in [0.1, 0.15) is 10.9 Å². The molecule has 0 saturated carbocycles. The van der Waals surface area contributed by atoms with Crippen molar-refractivity contribution in [2.75, 3.05) is 0 Å². The highest BCUT2D eigenvalue weighted by atomic mass is 35.5. The molecule has 2 aromatic rings. The fourth-order valence-electron chi connectivity index (χ4n) is 1.36. The van der Waals surface area contributed by atoms with Crippen LogP contribution in [0.25, 0.3) is 10.8 Å². The van der Waals surface area contributed by atoms with E-state index in [1.807, 2.05) is 6.07 Å². The van der Waals surface area contributed by atoms with Gasteiger partial charge in [-0.2, -0.15) is 0 Å². The summed E-state index contributed by atoms with van der Waals surface area (Å²) in [5.41, 5.74) is 6.18. The molecule has 0 amide bonds. The zero-order valence-corrected chi connectivity index (χ0v) is 8.12. The van der Waals surface area contributed by atoms with Crippen LogP contribution < -0.4 is 5.73 Å². The average Bonchev–Trinajstić information content (AvgIpc) is 2.16. The van der Waals surface area contributed by atoms with E-state index < -0.39 is 0 Å². The van der Waals surface area contributed by atoms with Crippen LogP contribution in [0.15, 0.2) is 24.3 Å². The van der Waals surface area contributed by atoms with Gasteiger partial charge in [-0.15, -0.1) is 0 Å². The molecule has 3 nitrogen and oxygen atoms in total. The molecule has 0 spiro atoms. The van der Waals surface area contributed by atoms with Crippen LogP contribution in [0.1, 0.15) is 5.69 Å². The summed E-state index contributed by atoms with van der Waals surface area (Å²) in [4.78, 5) is 4.11. The Kier molecular flexibility index (Phi) is 2.27. The average molecular weight is 209 g/mol. The molecule has 0 aliphatic carbocycles. The molecular weight excluding hydrogens is 200 g/mol. The number of aromatic hydroxyl groups is 1. The first-order valence-corrected chi connectivity index (χ1v) is 4.56. The zero-order valence-electron chi connectivity index (χ0n) is 7.37. The number of benzene rings is 1. The highest BCUT2D eigenvalue weighted by Crippen LogP contribution is 2.25. The molecule has 0 radical (unpaired) electrons. The van der Waals surface area contributed by atoms with Crippen molar-refractivity contribution in [3.05, 3.63) is 35.1 Å². The second kappa shape index (κ2) is 3.44. The standard InChI is InChI=1S/C10H9ClN2O/c11-10-9-2-1-8(14)4-6(9)3-7(5-12)13-10/h1-4,14H,5,12H2. The van der Waals surface area contributed by atoms with Gasteiger partial charge in [-0.1, -0.05) is 11.6 Å². The Bertz CT molecular complexity index is 485. The summed E-state index contributed by atoms with van der Waals surface area (Å²) >= 11 is 5.95. The summed E-state index contributed by atoms with van der Waals surface area (Å²) in [6.45, 7) is 0.339. The zero-order chi connectivity index (χ0) is 10.1. The molecule has 1 aromatic heterocycles. The number of nitrogens with two attached hydrogens (primary N) is 1. The minimum Gasteiger partial charge on any atom is -0.508 e. The quantitative estimate of drug-likeness (QED) is 0.706. The number of phenols is 1. The van der Waals surface area contributed by atoms with Gasteiger partial charge in [-0.25, -0.2) is 4.98 Å². The Hall–Kier alpha value is -1.32. The number of aromatic nitrogens is 1. The molecule has 72 valence electrons. The predicted molar refractivity (Wildman–Crippen MR) is 56.3 cm³/mol. The summed E-state index contributed by atoms with van der Waals surface area (Å²) in [6, 6.07) is 6.78. The van der Waals surface area contributed by atoms with Gasteiger partial charge in [-0.3, -0.25) is 0 Å². The van der Waals surface area contributed by atoms with E-state index in [2.05, 4.69) is 4.98 Å². The van der Waals surface area contributed by atoms with Crippen LogP contribution in [-0.4, -0.2) is 10.1 Å². The lowest BCUT2D eigenvalue weighted by atomic mass is 10.1. The molecule has 4 heteroatoms.